The molecule has 0 saturated carbocycles. The molecule has 1 aromatic rings. The van der Waals surface area contributed by atoms with E-state index in [0.717, 1.165) is 5.56 Å². The third kappa shape index (κ3) is 2.97. The Morgan fingerprint density at radius 1 is 1.29 bits per heavy atom. The molecule has 0 radical (unpaired) electrons. The molecule has 0 aliphatic carbocycles. The van der Waals surface area contributed by atoms with Gasteiger partial charge in [-0.05, 0) is 26.0 Å². The third-order valence-electron chi connectivity index (χ3n) is 1.57. The molecule has 1 aromatic carbocycles. The van der Waals surface area contributed by atoms with E-state index >= 15 is 0 Å². The van der Waals surface area contributed by atoms with Gasteiger partial charge in [0.1, 0.15) is 5.56 Å². The summed E-state index contributed by atoms with van der Waals surface area (Å²) in [6, 6.07) is 6.39. The van der Waals surface area contributed by atoms with Crippen molar-refractivity contribution in [3.63, 3.8) is 0 Å². The van der Waals surface area contributed by atoms with Crippen LogP contribution in [0.25, 0.3) is 0 Å². The van der Waals surface area contributed by atoms with Gasteiger partial charge in [0, 0.05) is 0 Å². The molecule has 3 nitrogen and oxygen atoms in total. The van der Waals surface area contributed by atoms with Crippen molar-refractivity contribution in [1.82, 2.24) is 0 Å². The summed E-state index contributed by atoms with van der Waals surface area (Å²) in [6.07, 6.45) is 0. The van der Waals surface area contributed by atoms with Crippen LogP contribution in [0.15, 0.2) is 29.2 Å². The fourth-order valence-electron chi connectivity index (χ4n) is 0.935. The van der Waals surface area contributed by atoms with Gasteiger partial charge < -0.3 is 0 Å². The standard InChI is InChI=1S/C9H11ClO3S/c1-7-3-5-9(6-4-7)14(11,12)13-8(2)10/h3-6,8H,1-2H3. The summed E-state index contributed by atoms with van der Waals surface area (Å²) in [7, 11) is -3.71. The van der Waals surface area contributed by atoms with Gasteiger partial charge in [0.05, 0.1) is 4.90 Å². The minimum atomic E-state index is -3.71. The molecule has 0 bridgehead atoms. The molecule has 14 heavy (non-hydrogen) atoms. The van der Waals surface area contributed by atoms with E-state index in [4.69, 9.17) is 11.6 Å². The van der Waals surface area contributed by atoms with Crippen LogP contribution in [0.4, 0.5) is 0 Å². The molecule has 0 heterocycles. The molecule has 0 amide bonds. The summed E-state index contributed by atoms with van der Waals surface area (Å²) in [5.41, 5.74) is 0.129. The highest BCUT2D eigenvalue weighted by atomic mass is 35.5. The summed E-state index contributed by atoms with van der Waals surface area (Å²) < 4.78 is 27.5. The molecule has 0 aliphatic rings. The average molecular weight is 235 g/mol. The fourth-order valence-corrected chi connectivity index (χ4v) is 2.15. The van der Waals surface area contributed by atoms with Gasteiger partial charge in [-0.15, -0.1) is 0 Å². The normalized spacial score (nSPS) is 13.9. The fraction of sp³-hybridized carbons (Fsp3) is 0.333. The molecular weight excluding hydrogens is 224 g/mol. The van der Waals surface area contributed by atoms with Gasteiger partial charge in [-0.25, -0.2) is 4.18 Å². The lowest BCUT2D eigenvalue weighted by molar-refractivity contribution is 0.303. The van der Waals surface area contributed by atoms with Crippen LogP contribution in [0, 0.1) is 6.92 Å². The van der Waals surface area contributed by atoms with Crippen LogP contribution in [-0.2, 0) is 14.3 Å². The molecular formula is C9H11ClO3S. The predicted molar refractivity (Wildman–Crippen MR) is 54.8 cm³/mol. The average Bonchev–Trinajstić information content (AvgIpc) is 2.02. The number of alkyl halides is 1. The molecule has 0 fully saturated rings. The molecule has 0 saturated heterocycles. The van der Waals surface area contributed by atoms with Gasteiger partial charge in [0.2, 0.25) is 0 Å². The Morgan fingerprint density at radius 2 is 1.79 bits per heavy atom. The largest absolute Gasteiger partial charge is 0.298 e. The Labute approximate surface area is 88.8 Å². The lowest BCUT2D eigenvalue weighted by atomic mass is 10.2. The van der Waals surface area contributed by atoms with Crippen LogP contribution < -0.4 is 0 Å². The summed E-state index contributed by atoms with van der Waals surface area (Å²) >= 11 is 5.44. The van der Waals surface area contributed by atoms with Crippen LogP contribution in [0.5, 0.6) is 0 Å². The van der Waals surface area contributed by atoms with Gasteiger partial charge in [-0.3, -0.25) is 0 Å². The van der Waals surface area contributed by atoms with Crippen LogP contribution in [-0.4, -0.2) is 14.0 Å². The Morgan fingerprint density at radius 3 is 2.21 bits per heavy atom. The number of rotatable bonds is 3. The van der Waals surface area contributed by atoms with Gasteiger partial charge in [-0.2, -0.15) is 8.42 Å². The molecule has 5 heteroatoms. The van der Waals surface area contributed by atoms with E-state index in [0.29, 0.717) is 0 Å². The minimum Gasteiger partial charge on any atom is -0.247 e. The van der Waals surface area contributed by atoms with Crippen LogP contribution >= 0.6 is 11.6 Å². The van der Waals surface area contributed by atoms with Crippen molar-refractivity contribution in [1.29, 1.82) is 0 Å². The number of hydrogen-bond acceptors (Lipinski definition) is 3. The monoisotopic (exact) mass is 234 g/mol. The van der Waals surface area contributed by atoms with Gasteiger partial charge in [0.15, 0.2) is 0 Å². The molecule has 0 spiro atoms. The second-order valence-corrected chi connectivity index (χ2v) is 5.09. The smallest absolute Gasteiger partial charge is 0.247 e. The van der Waals surface area contributed by atoms with Gasteiger partial charge in [-0.1, -0.05) is 29.3 Å². The first-order valence-corrected chi connectivity index (χ1v) is 5.90. The van der Waals surface area contributed by atoms with E-state index in [1.807, 2.05) is 6.92 Å². The van der Waals surface area contributed by atoms with Crippen LogP contribution in [0.1, 0.15) is 12.5 Å². The molecule has 1 atom stereocenters. The van der Waals surface area contributed by atoms with Crippen molar-refractivity contribution in [3.05, 3.63) is 29.8 Å². The molecule has 0 aliphatic heterocycles. The third-order valence-corrected chi connectivity index (χ3v) is 3.16. The summed E-state index contributed by atoms with van der Waals surface area (Å²) in [4.78, 5) is 0.121. The molecule has 0 aromatic heterocycles. The number of aryl methyl sites for hydroxylation is 1. The van der Waals surface area contributed by atoms with Crippen molar-refractivity contribution in [2.45, 2.75) is 24.3 Å². The highest BCUT2D eigenvalue weighted by Gasteiger charge is 2.17. The van der Waals surface area contributed by atoms with Crippen LogP contribution in [0.2, 0.25) is 0 Å². The topological polar surface area (TPSA) is 43.4 Å². The van der Waals surface area contributed by atoms with Gasteiger partial charge >= 0.3 is 0 Å². The van der Waals surface area contributed by atoms with E-state index < -0.39 is 15.7 Å². The van der Waals surface area contributed by atoms with E-state index in [1.165, 1.54) is 19.1 Å². The second kappa shape index (κ2) is 4.29. The number of halogens is 1. The first kappa shape index (κ1) is 11.5. The minimum absolute atomic E-state index is 0.121. The number of hydrogen-bond donors (Lipinski definition) is 0. The van der Waals surface area contributed by atoms with Crippen molar-refractivity contribution < 1.29 is 12.6 Å². The molecule has 1 rings (SSSR count). The Bertz CT molecular complexity index is 395. The zero-order valence-electron chi connectivity index (χ0n) is 7.90. The zero-order valence-corrected chi connectivity index (χ0v) is 9.47. The zero-order chi connectivity index (χ0) is 10.8. The Hall–Kier alpha value is -0.580. The summed E-state index contributed by atoms with van der Waals surface area (Å²) in [5.74, 6) is 0. The van der Waals surface area contributed by atoms with E-state index in [2.05, 4.69) is 4.18 Å². The quantitative estimate of drug-likeness (QED) is 0.595. The summed E-state index contributed by atoms with van der Waals surface area (Å²) in [6.45, 7) is 3.33. The maximum atomic E-state index is 11.4. The van der Waals surface area contributed by atoms with Crippen molar-refractivity contribution in [3.8, 4) is 0 Å². The Kier molecular flexibility index (Phi) is 3.53. The van der Waals surface area contributed by atoms with E-state index in [1.54, 1.807) is 12.1 Å². The highest BCUT2D eigenvalue weighted by molar-refractivity contribution is 7.86. The maximum Gasteiger partial charge on any atom is 0.298 e. The molecule has 78 valence electrons. The molecule has 1 unspecified atom stereocenters. The van der Waals surface area contributed by atoms with Crippen molar-refractivity contribution in [2.75, 3.05) is 0 Å². The number of benzene rings is 1. The van der Waals surface area contributed by atoms with E-state index in [-0.39, 0.29) is 4.90 Å². The Balaban J connectivity index is 2.99. The van der Waals surface area contributed by atoms with Gasteiger partial charge in [0.25, 0.3) is 10.1 Å². The second-order valence-electron chi connectivity index (χ2n) is 2.91. The first-order chi connectivity index (χ1) is 6.42. The SMILES string of the molecule is Cc1ccc(S(=O)(=O)OC(C)Cl)cc1. The highest BCUT2D eigenvalue weighted by Crippen LogP contribution is 2.15. The molecule has 0 N–H and O–H groups in total. The predicted octanol–water partition coefficient (Wildman–Crippen LogP) is 2.29. The maximum absolute atomic E-state index is 11.4. The lowest BCUT2D eigenvalue weighted by Gasteiger charge is -2.06. The van der Waals surface area contributed by atoms with E-state index in [9.17, 15) is 8.42 Å². The lowest BCUT2D eigenvalue weighted by Crippen LogP contribution is -2.10. The van der Waals surface area contributed by atoms with Crippen molar-refractivity contribution >= 4 is 21.7 Å². The summed E-state index contributed by atoms with van der Waals surface area (Å²) in [5, 5.41) is 0. The first-order valence-electron chi connectivity index (χ1n) is 4.06. The van der Waals surface area contributed by atoms with Crippen molar-refractivity contribution in [2.24, 2.45) is 0 Å². The van der Waals surface area contributed by atoms with Crippen LogP contribution in [0.3, 0.4) is 0 Å².